The second-order valence-corrected chi connectivity index (χ2v) is 11.5. The zero-order chi connectivity index (χ0) is 31.2. The predicted molar refractivity (Wildman–Crippen MR) is 168 cm³/mol. The molecule has 8 nitrogen and oxygen atoms in total. The van der Waals surface area contributed by atoms with E-state index in [9.17, 15) is 14.4 Å². The standard InChI is InChI=1S/C36H40N2O6/c1-5-37(4)34(40)23-43-31-17-24(2)35(25(3)18-31)29-12-8-9-27(19-29)22-42-30-15-13-26(14-16-30)21-38-33(39)20-32(36(41)44-38)28-10-6-7-11-28/h8-10,12-19,32H,5-7,11,20-23H2,1-4H3. The zero-order valence-corrected chi connectivity index (χ0v) is 25.9. The van der Waals surface area contributed by atoms with Gasteiger partial charge in [-0.15, -0.1) is 0 Å². The Hall–Kier alpha value is -4.59. The smallest absolute Gasteiger partial charge is 0.340 e. The number of likely N-dealkylation sites (N-methyl/N-ethyl adjacent to an activating group) is 1. The van der Waals surface area contributed by atoms with Crippen molar-refractivity contribution < 1.29 is 28.7 Å². The van der Waals surface area contributed by atoms with E-state index in [0.717, 1.165) is 58.2 Å². The van der Waals surface area contributed by atoms with Crippen LogP contribution in [0.4, 0.5) is 0 Å². The Bertz CT molecular complexity index is 1540. The highest BCUT2D eigenvalue weighted by molar-refractivity contribution is 5.89. The van der Waals surface area contributed by atoms with E-state index in [4.69, 9.17) is 14.3 Å². The van der Waals surface area contributed by atoms with Crippen LogP contribution in [0.25, 0.3) is 11.1 Å². The summed E-state index contributed by atoms with van der Waals surface area (Å²) in [5.74, 6) is 0.366. The van der Waals surface area contributed by atoms with Crippen LogP contribution < -0.4 is 9.47 Å². The maximum absolute atomic E-state index is 12.7. The SMILES string of the molecule is CCN(C)C(=O)COc1cc(C)c(-c2cccc(COc3ccc(CN4OC(=O)C(C5=CCCC5)CC4=O)cc3)c2)c(C)c1. The van der Waals surface area contributed by atoms with Crippen molar-refractivity contribution in [3.63, 3.8) is 0 Å². The van der Waals surface area contributed by atoms with Gasteiger partial charge in [0.05, 0.1) is 12.5 Å². The fourth-order valence-electron chi connectivity index (χ4n) is 5.73. The summed E-state index contributed by atoms with van der Waals surface area (Å²) in [5.41, 5.74) is 7.24. The number of hydrogen-bond acceptors (Lipinski definition) is 6. The molecular weight excluding hydrogens is 556 g/mol. The average molecular weight is 597 g/mol. The Balaban J connectivity index is 1.17. The summed E-state index contributed by atoms with van der Waals surface area (Å²) in [6.45, 7) is 7.27. The molecule has 1 aliphatic heterocycles. The van der Waals surface area contributed by atoms with Crippen molar-refractivity contribution in [3.8, 4) is 22.6 Å². The molecule has 1 aliphatic carbocycles. The minimum atomic E-state index is -0.438. The fraction of sp³-hybridized carbons (Fsp3) is 0.361. The van der Waals surface area contributed by atoms with Crippen LogP contribution in [0.5, 0.6) is 11.5 Å². The van der Waals surface area contributed by atoms with Crippen molar-refractivity contribution in [2.45, 2.75) is 59.6 Å². The normalized spacial score (nSPS) is 16.4. The highest BCUT2D eigenvalue weighted by Crippen LogP contribution is 2.33. The second kappa shape index (κ2) is 13.8. The number of nitrogens with zero attached hydrogens (tertiary/aromatic N) is 2. The molecule has 1 atom stereocenters. The van der Waals surface area contributed by atoms with Crippen molar-refractivity contribution in [2.75, 3.05) is 20.2 Å². The van der Waals surface area contributed by atoms with Crippen LogP contribution in [0.2, 0.25) is 0 Å². The zero-order valence-electron chi connectivity index (χ0n) is 25.9. The number of carbonyl (C=O) groups excluding carboxylic acids is 3. The van der Waals surface area contributed by atoms with Gasteiger partial charge in [0.25, 0.3) is 11.8 Å². The molecule has 0 radical (unpaired) electrons. The molecule has 1 fully saturated rings. The van der Waals surface area contributed by atoms with E-state index in [0.29, 0.717) is 24.7 Å². The number of hydroxylamine groups is 2. The summed E-state index contributed by atoms with van der Waals surface area (Å²) in [6, 6.07) is 19.7. The number of aryl methyl sites for hydroxylation is 2. The van der Waals surface area contributed by atoms with Crippen molar-refractivity contribution in [1.29, 1.82) is 0 Å². The van der Waals surface area contributed by atoms with Gasteiger partial charge in [-0.3, -0.25) is 9.59 Å². The van der Waals surface area contributed by atoms with Gasteiger partial charge in [0.1, 0.15) is 18.1 Å². The van der Waals surface area contributed by atoms with Gasteiger partial charge in [-0.1, -0.05) is 42.0 Å². The molecule has 0 N–H and O–H groups in total. The van der Waals surface area contributed by atoms with Crippen molar-refractivity contribution in [2.24, 2.45) is 5.92 Å². The van der Waals surface area contributed by atoms with Crippen LogP contribution in [0.1, 0.15) is 54.9 Å². The minimum absolute atomic E-state index is 0.0131. The largest absolute Gasteiger partial charge is 0.489 e. The third-order valence-electron chi connectivity index (χ3n) is 8.30. The van der Waals surface area contributed by atoms with Crippen LogP contribution in [0.15, 0.2) is 72.3 Å². The van der Waals surface area contributed by atoms with Gasteiger partial charge >= 0.3 is 5.97 Å². The number of allylic oxidation sites excluding steroid dienone is 1. The van der Waals surface area contributed by atoms with Crippen LogP contribution in [0.3, 0.4) is 0 Å². The first kappa shape index (κ1) is 30.9. The van der Waals surface area contributed by atoms with Crippen molar-refractivity contribution in [1.82, 2.24) is 9.96 Å². The molecule has 5 rings (SSSR count). The Morgan fingerprint density at radius 3 is 2.41 bits per heavy atom. The molecule has 3 aromatic carbocycles. The third-order valence-corrected chi connectivity index (χ3v) is 8.30. The van der Waals surface area contributed by atoms with E-state index in [1.165, 1.54) is 5.06 Å². The maximum atomic E-state index is 12.7. The van der Waals surface area contributed by atoms with Crippen molar-refractivity contribution in [3.05, 3.63) is 94.6 Å². The molecule has 1 unspecified atom stereocenters. The quantitative estimate of drug-likeness (QED) is 0.241. The number of ether oxygens (including phenoxy) is 2. The number of rotatable bonds is 11. The van der Waals surface area contributed by atoms with Crippen LogP contribution in [-0.4, -0.2) is 47.9 Å². The molecule has 44 heavy (non-hydrogen) atoms. The van der Waals surface area contributed by atoms with Crippen LogP contribution in [-0.2, 0) is 32.4 Å². The lowest BCUT2D eigenvalue weighted by Crippen LogP contribution is -2.43. The lowest BCUT2D eigenvalue weighted by molar-refractivity contribution is -0.213. The van der Waals surface area contributed by atoms with E-state index in [1.807, 2.05) is 69.3 Å². The number of carbonyl (C=O) groups is 3. The highest BCUT2D eigenvalue weighted by atomic mass is 16.7. The Morgan fingerprint density at radius 2 is 1.73 bits per heavy atom. The summed E-state index contributed by atoms with van der Waals surface area (Å²) in [6.07, 6.45) is 5.09. The lowest BCUT2D eigenvalue weighted by Gasteiger charge is -2.30. The lowest BCUT2D eigenvalue weighted by atomic mass is 9.94. The highest BCUT2D eigenvalue weighted by Gasteiger charge is 2.37. The molecular formula is C36H40N2O6. The van der Waals surface area contributed by atoms with Gasteiger partial charge in [0.15, 0.2) is 6.61 Å². The van der Waals surface area contributed by atoms with Crippen LogP contribution in [0, 0.1) is 19.8 Å². The second-order valence-electron chi connectivity index (χ2n) is 11.5. The minimum Gasteiger partial charge on any atom is -0.489 e. The van der Waals surface area contributed by atoms with Gasteiger partial charge in [-0.05, 0) is 104 Å². The predicted octanol–water partition coefficient (Wildman–Crippen LogP) is 6.32. The molecule has 230 valence electrons. The molecule has 1 heterocycles. The number of benzene rings is 3. The Kier molecular flexibility index (Phi) is 9.68. The van der Waals surface area contributed by atoms with Gasteiger partial charge in [-0.2, -0.15) is 5.06 Å². The summed E-state index contributed by atoms with van der Waals surface area (Å²) in [4.78, 5) is 44.4. The van der Waals surface area contributed by atoms with Crippen LogP contribution >= 0.6 is 0 Å². The van der Waals surface area contributed by atoms with E-state index in [2.05, 4.69) is 18.2 Å². The van der Waals surface area contributed by atoms with E-state index >= 15 is 0 Å². The first-order valence-corrected chi connectivity index (χ1v) is 15.2. The van der Waals surface area contributed by atoms with Gasteiger partial charge in [-0.25, -0.2) is 4.79 Å². The molecule has 2 amide bonds. The van der Waals surface area contributed by atoms with Gasteiger partial charge in [0, 0.05) is 20.0 Å². The summed E-state index contributed by atoms with van der Waals surface area (Å²) < 4.78 is 11.9. The number of hydrogen-bond donors (Lipinski definition) is 0. The molecule has 1 saturated heterocycles. The monoisotopic (exact) mass is 596 g/mol. The van der Waals surface area contributed by atoms with E-state index in [1.54, 1.807) is 11.9 Å². The van der Waals surface area contributed by atoms with E-state index < -0.39 is 5.92 Å². The molecule has 0 spiro atoms. The Morgan fingerprint density at radius 1 is 0.977 bits per heavy atom. The molecule has 8 heteroatoms. The summed E-state index contributed by atoms with van der Waals surface area (Å²) >= 11 is 0. The molecule has 3 aromatic rings. The third kappa shape index (κ3) is 7.30. The maximum Gasteiger partial charge on any atom is 0.340 e. The first-order valence-electron chi connectivity index (χ1n) is 15.2. The summed E-state index contributed by atoms with van der Waals surface area (Å²) in [7, 11) is 1.76. The van der Waals surface area contributed by atoms with Gasteiger partial charge in [0.2, 0.25) is 0 Å². The Labute approximate surface area is 259 Å². The average Bonchev–Trinajstić information content (AvgIpc) is 3.55. The first-order chi connectivity index (χ1) is 21.2. The number of amides is 2. The van der Waals surface area contributed by atoms with Crippen molar-refractivity contribution >= 4 is 17.8 Å². The van der Waals surface area contributed by atoms with E-state index in [-0.39, 0.29) is 37.4 Å². The summed E-state index contributed by atoms with van der Waals surface area (Å²) in [5, 5.41) is 1.17. The molecule has 0 aromatic heterocycles. The molecule has 2 aliphatic rings. The molecule has 0 bridgehead atoms. The fourth-order valence-corrected chi connectivity index (χ4v) is 5.73. The molecule has 0 saturated carbocycles. The topological polar surface area (TPSA) is 85.4 Å². The van der Waals surface area contributed by atoms with Gasteiger partial charge < -0.3 is 19.2 Å².